The lowest BCUT2D eigenvalue weighted by Gasteiger charge is -2.47. The third kappa shape index (κ3) is 14.7. The molecule has 1 aromatic carbocycles. The zero-order valence-corrected chi connectivity index (χ0v) is 43.8. The first kappa shape index (κ1) is 59.7. The third-order valence-corrected chi connectivity index (χ3v) is 13.6. The van der Waals surface area contributed by atoms with Crippen LogP contribution < -0.4 is 0 Å². The Kier molecular flexibility index (Phi) is 21.7. The number of aliphatic hydroxyl groups is 5. The summed E-state index contributed by atoms with van der Waals surface area (Å²) in [6.45, 7) is 17.8. The van der Waals surface area contributed by atoms with E-state index in [9.17, 15) is 50.1 Å². The van der Waals surface area contributed by atoms with Gasteiger partial charge in [-0.3, -0.25) is 4.79 Å². The molecule has 0 radical (unpaired) electrons. The SMILES string of the molecule is CCC1C=C(C)C(O)CC=CC=C(COC2OC(C)C(OC(=O)c3c(C)c(Cl)c(O)c(Cl)c3O)C(O)C2OC)C(=O)OC(C(C)O)CC=C(C)C=C(C)C1OC1OC(C)(C)C(OC(=O)C(C)C)C(O)C1O. The fourth-order valence-corrected chi connectivity index (χ4v) is 8.79. The number of esters is 3. The van der Waals surface area contributed by atoms with Gasteiger partial charge in [0.15, 0.2) is 36.3 Å². The summed E-state index contributed by atoms with van der Waals surface area (Å²) in [5.74, 6) is -4.84. The van der Waals surface area contributed by atoms with Crippen molar-refractivity contribution in [3.05, 3.63) is 79.9 Å². The minimum Gasteiger partial charge on any atom is -0.505 e. The van der Waals surface area contributed by atoms with Gasteiger partial charge in [0.1, 0.15) is 46.7 Å². The van der Waals surface area contributed by atoms with E-state index in [2.05, 4.69) is 0 Å². The Bertz CT molecular complexity index is 2170. The van der Waals surface area contributed by atoms with Gasteiger partial charge in [0, 0.05) is 19.4 Å². The van der Waals surface area contributed by atoms with Gasteiger partial charge >= 0.3 is 17.9 Å². The Hall–Kier alpha value is -3.89. The monoisotopic (exact) mass is 1040 g/mol. The summed E-state index contributed by atoms with van der Waals surface area (Å²) in [6, 6.07) is 0. The fourth-order valence-electron chi connectivity index (χ4n) is 8.37. The van der Waals surface area contributed by atoms with Crippen LogP contribution in [-0.2, 0) is 47.5 Å². The molecule has 14 atom stereocenters. The summed E-state index contributed by atoms with van der Waals surface area (Å²) in [6.07, 6.45) is -5.56. The first-order valence-electron chi connectivity index (χ1n) is 23.6. The van der Waals surface area contributed by atoms with E-state index >= 15 is 0 Å². The molecule has 18 nitrogen and oxygen atoms in total. The number of halogens is 2. The lowest BCUT2D eigenvalue weighted by Crippen LogP contribution is -2.64. The van der Waals surface area contributed by atoms with Gasteiger partial charge in [-0.1, -0.05) is 79.9 Å². The molecule has 7 N–H and O–H groups in total. The maximum Gasteiger partial charge on any atom is 0.342 e. The number of rotatable bonds is 12. The highest BCUT2D eigenvalue weighted by atomic mass is 35.5. The number of hydrogen-bond acceptors (Lipinski definition) is 18. The molecule has 398 valence electrons. The average Bonchev–Trinajstić information content (AvgIpc) is 3.30. The first-order valence-corrected chi connectivity index (χ1v) is 24.4. The van der Waals surface area contributed by atoms with Crippen molar-refractivity contribution in [2.75, 3.05) is 13.7 Å². The number of cyclic esters (lactones) is 1. The van der Waals surface area contributed by atoms with Crippen LogP contribution in [0.15, 0.2) is 58.7 Å². The van der Waals surface area contributed by atoms with Gasteiger partial charge < -0.3 is 73.6 Å². The predicted octanol–water partition coefficient (Wildman–Crippen LogP) is 5.98. The van der Waals surface area contributed by atoms with E-state index in [0.717, 1.165) is 0 Å². The highest BCUT2D eigenvalue weighted by Crippen LogP contribution is 2.44. The Morgan fingerprint density at radius 1 is 0.901 bits per heavy atom. The van der Waals surface area contributed by atoms with Crippen molar-refractivity contribution >= 4 is 41.1 Å². The van der Waals surface area contributed by atoms with Gasteiger partial charge in [0.2, 0.25) is 0 Å². The summed E-state index contributed by atoms with van der Waals surface area (Å²) in [4.78, 5) is 39.8. The van der Waals surface area contributed by atoms with E-state index in [-0.39, 0.29) is 29.0 Å². The zero-order chi connectivity index (χ0) is 53.4. The molecule has 71 heavy (non-hydrogen) atoms. The van der Waals surface area contributed by atoms with E-state index in [1.54, 1.807) is 46.8 Å². The average molecular weight is 1040 g/mol. The van der Waals surface area contributed by atoms with Crippen LogP contribution in [0.25, 0.3) is 0 Å². The molecule has 0 amide bonds. The molecule has 1 aromatic rings. The predicted molar refractivity (Wildman–Crippen MR) is 260 cm³/mol. The van der Waals surface area contributed by atoms with Crippen LogP contribution in [0, 0.1) is 18.8 Å². The van der Waals surface area contributed by atoms with Gasteiger partial charge in [0.05, 0.1) is 47.5 Å². The van der Waals surface area contributed by atoms with Gasteiger partial charge in [-0.25, -0.2) is 9.59 Å². The molecule has 3 aliphatic heterocycles. The molecule has 0 spiro atoms. The van der Waals surface area contributed by atoms with E-state index in [1.165, 1.54) is 40.0 Å². The number of benzene rings is 1. The molecule has 3 aliphatic rings. The quantitative estimate of drug-likeness (QED) is 0.0721. The normalized spacial score (nSPS) is 31.8. The van der Waals surface area contributed by atoms with E-state index in [1.807, 2.05) is 32.9 Å². The number of phenols is 2. The lowest BCUT2D eigenvalue weighted by atomic mass is 9.88. The van der Waals surface area contributed by atoms with Crippen LogP contribution in [0.1, 0.15) is 104 Å². The van der Waals surface area contributed by atoms with Crippen molar-refractivity contribution in [1.29, 1.82) is 0 Å². The molecular weight excluding hydrogens is 971 g/mol. The number of carbonyl (C=O) groups excluding carboxylic acids is 3. The molecule has 3 heterocycles. The highest BCUT2D eigenvalue weighted by molar-refractivity contribution is 6.39. The van der Waals surface area contributed by atoms with Crippen LogP contribution in [0.3, 0.4) is 0 Å². The maximum atomic E-state index is 13.9. The Morgan fingerprint density at radius 3 is 2.17 bits per heavy atom. The highest BCUT2D eigenvalue weighted by Gasteiger charge is 2.53. The second-order valence-electron chi connectivity index (χ2n) is 19.2. The molecule has 0 bridgehead atoms. The van der Waals surface area contributed by atoms with Crippen LogP contribution in [0.5, 0.6) is 11.5 Å². The van der Waals surface area contributed by atoms with E-state index in [4.69, 9.17) is 61.1 Å². The van der Waals surface area contributed by atoms with Gasteiger partial charge in [-0.05, 0) is 91.0 Å². The van der Waals surface area contributed by atoms with Crippen molar-refractivity contribution in [1.82, 2.24) is 0 Å². The van der Waals surface area contributed by atoms with E-state index in [0.29, 0.717) is 23.1 Å². The Morgan fingerprint density at radius 2 is 1.56 bits per heavy atom. The van der Waals surface area contributed by atoms with Crippen LogP contribution in [-0.4, -0.2) is 153 Å². The molecule has 0 aliphatic carbocycles. The zero-order valence-electron chi connectivity index (χ0n) is 42.3. The lowest BCUT2D eigenvalue weighted by molar-refractivity contribution is -0.333. The molecule has 4 rings (SSSR count). The van der Waals surface area contributed by atoms with Crippen molar-refractivity contribution in [2.45, 2.75) is 181 Å². The minimum atomic E-state index is -1.61. The molecule has 2 fully saturated rings. The van der Waals surface area contributed by atoms with Crippen molar-refractivity contribution in [3.8, 4) is 11.5 Å². The van der Waals surface area contributed by atoms with Crippen LogP contribution >= 0.6 is 23.2 Å². The van der Waals surface area contributed by atoms with Gasteiger partial charge in [0.25, 0.3) is 0 Å². The summed E-state index contributed by atoms with van der Waals surface area (Å²) in [7, 11) is 1.26. The van der Waals surface area contributed by atoms with Gasteiger partial charge in [-0.2, -0.15) is 0 Å². The van der Waals surface area contributed by atoms with Crippen molar-refractivity contribution in [2.24, 2.45) is 11.8 Å². The fraction of sp³-hybridized carbons (Fsp3) is 0.627. The summed E-state index contributed by atoms with van der Waals surface area (Å²) in [5.41, 5.74) is 0.193. The Balaban J connectivity index is 1.60. The molecule has 0 aromatic heterocycles. The number of methoxy groups -OCH3 is 1. The second-order valence-corrected chi connectivity index (χ2v) is 19.9. The molecule has 14 unspecified atom stereocenters. The molecule has 0 saturated carbocycles. The largest absolute Gasteiger partial charge is 0.505 e. The van der Waals surface area contributed by atoms with Crippen LogP contribution in [0.4, 0.5) is 0 Å². The van der Waals surface area contributed by atoms with Crippen LogP contribution in [0.2, 0.25) is 10.0 Å². The standard InChI is InChI=1S/C51H72Cl2O18/c1-13-30-21-25(5)32(55)17-15-14-16-31(22-65-50-44(64-12)41(60)43(29(9)66-50)68-48(63)34-27(7)35(52)38(57)36(53)37(34)56)47(62)67-33(28(8)54)19-18-24(4)20-26(6)42(30)69-49-40(59)39(58)45(51(10,11)71-49)70-46(61)23(2)3/h14-16,18,20-21,23,28-30,32-33,39-45,49-50,54-60H,13,17,19,22H2,1-12H3. The topological polar surface area (TPSA) is 267 Å². The molecular formula is C51H72Cl2O18. The molecule has 20 heteroatoms. The molecule has 2 saturated heterocycles. The smallest absolute Gasteiger partial charge is 0.342 e. The van der Waals surface area contributed by atoms with Crippen molar-refractivity contribution < 1.29 is 88.0 Å². The number of allylic oxidation sites excluding steroid dienone is 4. The second kappa shape index (κ2) is 25.9. The first-order chi connectivity index (χ1) is 33.2. The number of ether oxygens (including phenoxy) is 8. The van der Waals surface area contributed by atoms with Gasteiger partial charge in [-0.15, -0.1) is 0 Å². The number of phenolic OH excluding ortho intramolecular Hbond substituents is 2. The third-order valence-electron chi connectivity index (χ3n) is 12.8. The Labute approximate surface area is 425 Å². The summed E-state index contributed by atoms with van der Waals surface area (Å²) >= 11 is 12.1. The van der Waals surface area contributed by atoms with E-state index < -0.39 is 144 Å². The number of aromatic hydroxyl groups is 2. The number of carbonyl (C=O) groups is 3. The number of hydrogen-bond donors (Lipinski definition) is 7. The number of aliphatic hydroxyl groups excluding tert-OH is 5. The summed E-state index contributed by atoms with van der Waals surface area (Å²) in [5, 5.41) is 76.0. The minimum absolute atomic E-state index is 0.0285. The summed E-state index contributed by atoms with van der Waals surface area (Å²) < 4.78 is 47.4. The maximum absolute atomic E-state index is 13.9. The van der Waals surface area contributed by atoms with Crippen molar-refractivity contribution in [3.63, 3.8) is 0 Å².